The number of rotatable bonds is 4. The Balaban J connectivity index is 1.94. The Morgan fingerprint density at radius 1 is 1.21 bits per heavy atom. The SMILES string of the molecule is NC(=O)c1ccc(N2CCN(CC(N)=S)CC2)nn1. The number of nitrogens with two attached hydrogens (primary N) is 2. The monoisotopic (exact) mass is 280 g/mol. The summed E-state index contributed by atoms with van der Waals surface area (Å²) in [7, 11) is 0. The Morgan fingerprint density at radius 3 is 2.37 bits per heavy atom. The average molecular weight is 280 g/mol. The third-order valence-corrected chi connectivity index (χ3v) is 3.11. The lowest BCUT2D eigenvalue weighted by atomic mass is 10.3. The lowest BCUT2D eigenvalue weighted by Gasteiger charge is -2.34. The topological polar surface area (TPSA) is 101 Å². The van der Waals surface area contributed by atoms with E-state index >= 15 is 0 Å². The van der Waals surface area contributed by atoms with Crippen molar-refractivity contribution in [1.82, 2.24) is 15.1 Å². The van der Waals surface area contributed by atoms with Gasteiger partial charge in [-0.1, -0.05) is 12.2 Å². The van der Waals surface area contributed by atoms with Gasteiger partial charge in [0.2, 0.25) is 0 Å². The van der Waals surface area contributed by atoms with Gasteiger partial charge in [-0.05, 0) is 12.1 Å². The molecule has 1 amide bonds. The molecule has 2 rings (SSSR count). The fraction of sp³-hybridized carbons (Fsp3) is 0.455. The van der Waals surface area contributed by atoms with E-state index in [2.05, 4.69) is 20.0 Å². The van der Waals surface area contributed by atoms with E-state index in [1.165, 1.54) is 0 Å². The summed E-state index contributed by atoms with van der Waals surface area (Å²) in [6.45, 7) is 4.04. The normalized spacial score (nSPS) is 16.3. The van der Waals surface area contributed by atoms with E-state index in [1.54, 1.807) is 12.1 Å². The fourth-order valence-corrected chi connectivity index (χ4v) is 2.16. The van der Waals surface area contributed by atoms with Crippen LogP contribution in [-0.2, 0) is 0 Å². The molecule has 1 aromatic heterocycles. The van der Waals surface area contributed by atoms with E-state index in [0.29, 0.717) is 11.5 Å². The Kier molecular flexibility index (Phi) is 4.23. The summed E-state index contributed by atoms with van der Waals surface area (Å²) < 4.78 is 0. The van der Waals surface area contributed by atoms with E-state index < -0.39 is 5.91 Å². The molecule has 0 bridgehead atoms. The molecule has 1 aromatic rings. The molecule has 0 radical (unpaired) electrons. The smallest absolute Gasteiger partial charge is 0.269 e. The van der Waals surface area contributed by atoms with Crippen molar-refractivity contribution >= 4 is 28.9 Å². The van der Waals surface area contributed by atoms with Gasteiger partial charge in [-0.3, -0.25) is 9.69 Å². The maximum absolute atomic E-state index is 10.9. The van der Waals surface area contributed by atoms with Crippen molar-refractivity contribution in [2.24, 2.45) is 11.5 Å². The summed E-state index contributed by atoms with van der Waals surface area (Å²) in [5.74, 6) is 0.181. The van der Waals surface area contributed by atoms with Crippen molar-refractivity contribution in [3.63, 3.8) is 0 Å². The number of piperazine rings is 1. The first-order valence-corrected chi connectivity index (χ1v) is 6.36. The Morgan fingerprint density at radius 2 is 1.89 bits per heavy atom. The van der Waals surface area contributed by atoms with Gasteiger partial charge in [-0.25, -0.2) is 0 Å². The van der Waals surface area contributed by atoms with Crippen molar-refractivity contribution in [3.8, 4) is 0 Å². The van der Waals surface area contributed by atoms with Crippen molar-refractivity contribution in [2.45, 2.75) is 0 Å². The summed E-state index contributed by atoms with van der Waals surface area (Å²) >= 11 is 4.89. The summed E-state index contributed by atoms with van der Waals surface area (Å²) in [6, 6.07) is 3.35. The second-order valence-electron chi connectivity index (χ2n) is 4.37. The molecule has 1 saturated heterocycles. The van der Waals surface area contributed by atoms with Gasteiger partial charge in [0, 0.05) is 32.7 Å². The standard InChI is InChI=1S/C11H16N6OS/c12-9(19)7-16-3-5-17(6-4-16)10-2-1-8(11(13)18)14-15-10/h1-2H,3-7H2,(H2,12,19)(H2,13,18). The van der Waals surface area contributed by atoms with Crippen molar-refractivity contribution < 1.29 is 4.79 Å². The molecule has 8 heteroatoms. The molecule has 1 fully saturated rings. The highest BCUT2D eigenvalue weighted by Gasteiger charge is 2.18. The van der Waals surface area contributed by atoms with Gasteiger partial charge < -0.3 is 16.4 Å². The maximum Gasteiger partial charge on any atom is 0.269 e. The Bertz CT molecular complexity index is 469. The molecule has 0 unspecified atom stereocenters. The number of nitrogens with zero attached hydrogens (tertiary/aromatic N) is 4. The minimum atomic E-state index is -0.569. The van der Waals surface area contributed by atoms with E-state index in [-0.39, 0.29) is 5.69 Å². The number of hydrogen-bond donors (Lipinski definition) is 2. The zero-order valence-electron chi connectivity index (χ0n) is 10.5. The quantitative estimate of drug-likeness (QED) is 0.681. The van der Waals surface area contributed by atoms with Crippen LogP contribution < -0.4 is 16.4 Å². The number of anilines is 1. The van der Waals surface area contributed by atoms with Gasteiger partial charge in [0.15, 0.2) is 11.5 Å². The molecule has 0 atom stereocenters. The first-order valence-electron chi connectivity index (χ1n) is 5.95. The maximum atomic E-state index is 10.9. The van der Waals surface area contributed by atoms with Crippen LogP contribution in [0.25, 0.3) is 0 Å². The molecular formula is C11H16N6OS. The highest BCUT2D eigenvalue weighted by Crippen LogP contribution is 2.12. The van der Waals surface area contributed by atoms with Crippen LogP contribution in [-0.4, -0.2) is 58.7 Å². The highest BCUT2D eigenvalue weighted by atomic mass is 32.1. The third kappa shape index (κ3) is 3.58. The predicted octanol–water partition coefficient (Wildman–Crippen LogP) is -1.02. The number of primary amides is 1. The van der Waals surface area contributed by atoms with Crippen LogP contribution >= 0.6 is 12.2 Å². The third-order valence-electron chi connectivity index (χ3n) is 2.98. The summed E-state index contributed by atoms with van der Waals surface area (Å²) in [6.07, 6.45) is 0. The van der Waals surface area contributed by atoms with Crippen molar-refractivity contribution in [3.05, 3.63) is 17.8 Å². The van der Waals surface area contributed by atoms with E-state index in [0.717, 1.165) is 32.0 Å². The minimum Gasteiger partial charge on any atom is -0.392 e. The molecule has 7 nitrogen and oxygen atoms in total. The molecule has 0 spiro atoms. The number of thiocarbonyl (C=S) groups is 1. The van der Waals surface area contributed by atoms with Crippen LogP contribution in [0.1, 0.15) is 10.5 Å². The fourth-order valence-electron chi connectivity index (χ4n) is 1.98. The van der Waals surface area contributed by atoms with Crippen LogP contribution in [0.4, 0.5) is 5.82 Å². The minimum absolute atomic E-state index is 0.177. The summed E-state index contributed by atoms with van der Waals surface area (Å²) in [4.78, 5) is 15.7. The van der Waals surface area contributed by atoms with Gasteiger partial charge in [0.05, 0.1) is 4.99 Å². The second kappa shape index (κ2) is 5.89. The number of carbonyl (C=O) groups is 1. The number of amides is 1. The molecule has 102 valence electrons. The number of carbonyl (C=O) groups excluding carboxylic acids is 1. The van der Waals surface area contributed by atoms with E-state index in [1.807, 2.05) is 0 Å². The van der Waals surface area contributed by atoms with E-state index in [9.17, 15) is 4.79 Å². The highest BCUT2D eigenvalue weighted by molar-refractivity contribution is 7.80. The van der Waals surface area contributed by atoms with E-state index in [4.69, 9.17) is 23.7 Å². The van der Waals surface area contributed by atoms with Gasteiger partial charge >= 0.3 is 0 Å². The lowest BCUT2D eigenvalue weighted by Crippen LogP contribution is -2.48. The summed E-state index contributed by atoms with van der Waals surface area (Å²) in [5, 5.41) is 7.82. The first-order chi connectivity index (χ1) is 9.06. The van der Waals surface area contributed by atoms with Gasteiger partial charge in [0.25, 0.3) is 5.91 Å². The van der Waals surface area contributed by atoms with Gasteiger partial charge in [-0.2, -0.15) is 0 Å². The van der Waals surface area contributed by atoms with Gasteiger partial charge in [-0.15, -0.1) is 10.2 Å². The van der Waals surface area contributed by atoms with Crippen molar-refractivity contribution in [2.75, 3.05) is 37.6 Å². The molecule has 0 saturated carbocycles. The van der Waals surface area contributed by atoms with Crippen LogP contribution in [0.15, 0.2) is 12.1 Å². The number of hydrogen-bond acceptors (Lipinski definition) is 6. The molecule has 4 N–H and O–H groups in total. The molecular weight excluding hydrogens is 264 g/mol. The van der Waals surface area contributed by atoms with Crippen molar-refractivity contribution in [1.29, 1.82) is 0 Å². The largest absolute Gasteiger partial charge is 0.392 e. The molecule has 1 aliphatic heterocycles. The Hall–Kier alpha value is -1.80. The molecule has 19 heavy (non-hydrogen) atoms. The average Bonchev–Trinajstić information content (AvgIpc) is 2.39. The molecule has 2 heterocycles. The second-order valence-corrected chi connectivity index (χ2v) is 4.89. The lowest BCUT2D eigenvalue weighted by molar-refractivity contribution is 0.0994. The first kappa shape index (κ1) is 13.6. The zero-order chi connectivity index (χ0) is 13.8. The van der Waals surface area contributed by atoms with Gasteiger partial charge in [0.1, 0.15) is 0 Å². The predicted molar refractivity (Wildman–Crippen MR) is 76.0 cm³/mol. The van der Waals surface area contributed by atoms with Crippen LogP contribution in [0.2, 0.25) is 0 Å². The van der Waals surface area contributed by atoms with Crippen LogP contribution in [0.5, 0.6) is 0 Å². The molecule has 1 aliphatic rings. The summed E-state index contributed by atoms with van der Waals surface area (Å²) in [5.41, 5.74) is 10.8. The van der Waals surface area contributed by atoms with Crippen LogP contribution in [0.3, 0.4) is 0 Å². The zero-order valence-corrected chi connectivity index (χ0v) is 11.3. The molecule has 0 aliphatic carbocycles. The Labute approximate surface area is 116 Å². The molecule has 0 aromatic carbocycles. The van der Waals surface area contributed by atoms with Crippen LogP contribution in [0, 0.1) is 0 Å². The number of aromatic nitrogens is 2.